The third-order valence-corrected chi connectivity index (χ3v) is 3.78. The topological polar surface area (TPSA) is 26.0 Å². The van der Waals surface area contributed by atoms with Crippen LogP contribution in [-0.4, -0.2) is 13.1 Å². The third kappa shape index (κ3) is 1.84. The molecule has 0 fully saturated rings. The van der Waals surface area contributed by atoms with E-state index >= 15 is 0 Å². The van der Waals surface area contributed by atoms with E-state index in [-0.39, 0.29) is 0 Å². The van der Waals surface area contributed by atoms with E-state index in [2.05, 4.69) is 38.7 Å². The molecule has 0 aliphatic rings. The summed E-state index contributed by atoms with van der Waals surface area (Å²) in [7, 11) is 3.85. The van der Waals surface area contributed by atoms with E-state index < -0.39 is 0 Å². The third-order valence-electron chi connectivity index (χ3n) is 2.49. The molecule has 0 aliphatic heterocycles. The van der Waals surface area contributed by atoms with Crippen molar-refractivity contribution in [2.45, 2.75) is 19.8 Å². The van der Waals surface area contributed by atoms with Crippen LogP contribution in [-0.2, 0) is 6.42 Å². The van der Waals surface area contributed by atoms with E-state index in [0.717, 1.165) is 17.7 Å². The van der Waals surface area contributed by atoms with E-state index in [0.29, 0.717) is 5.59 Å². The predicted molar refractivity (Wildman–Crippen MR) is 71.3 cm³/mol. The van der Waals surface area contributed by atoms with Crippen molar-refractivity contribution in [3.05, 3.63) is 34.7 Å². The summed E-state index contributed by atoms with van der Waals surface area (Å²) in [6, 6.07) is 8.46. The molecule has 1 aromatic heterocycles. The van der Waals surface area contributed by atoms with Crippen molar-refractivity contribution >= 4 is 34.5 Å². The second kappa shape index (κ2) is 4.19. The summed E-state index contributed by atoms with van der Waals surface area (Å²) in [5.41, 5.74) is 7.89. The van der Waals surface area contributed by atoms with Crippen LogP contribution in [0, 0.1) is 0 Å². The Morgan fingerprint density at radius 1 is 1.40 bits per heavy atom. The molecule has 0 spiro atoms. The van der Waals surface area contributed by atoms with Crippen molar-refractivity contribution in [2.24, 2.45) is 5.73 Å². The number of benzene rings is 1. The molecule has 76 valence electrons. The first-order valence-electron chi connectivity index (χ1n) is 5.19. The summed E-state index contributed by atoms with van der Waals surface area (Å²) in [4.78, 5) is 1.16. The van der Waals surface area contributed by atoms with E-state index in [9.17, 15) is 0 Å². The van der Waals surface area contributed by atoms with Crippen LogP contribution in [0.5, 0.6) is 0 Å². The second-order valence-corrected chi connectivity index (χ2v) is 4.73. The fourth-order valence-electron chi connectivity index (χ4n) is 1.86. The van der Waals surface area contributed by atoms with Crippen molar-refractivity contribution in [2.75, 3.05) is 0 Å². The predicted octanol–water partition coefficient (Wildman–Crippen LogP) is 2.19. The summed E-state index contributed by atoms with van der Waals surface area (Å²) in [5.74, 6) is 0. The Hall–Kier alpha value is -1.09. The molecule has 1 nitrogen and oxygen atoms in total. The average molecular weight is 215 g/mol. The van der Waals surface area contributed by atoms with Gasteiger partial charge in [0.25, 0.3) is 0 Å². The minimum atomic E-state index is 0.694. The molecule has 2 N–H and O–H groups in total. The Labute approximate surface area is 95.0 Å². The number of rotatable bonds is 3. The maximum absolute atomic E-state index is 5.82. The molecule has 2 aromatic rings. The fourth-order valence-corrected chi connectivity index (χ4v) is 2.99. The monoisotopic (exact) mass is 215 g/mol. The molecule has 0 amide bonds. The van der Waals surface area contributed by atoms with Gasteiger partial charge in [-0.1, -0.05) is 0 Å². The van der Waals surface area contributed by atoms with Crippen LogP contribution in [0.1, 0.15) is 23.8 Å². The Kier molecular flexibility index (Phi) is 2.92. The molecular formula is C12H14BNS. The number of hydrogen-bond acceptors (Lipinski definition) is 2. The van der Waals surface area contributed by atoms with Crippen LogP contribution in [0.2, 0.25) is 0 Å². The van der Waals surface area contributed by atoms with Crippen molar-refractivity contribution in [1.82, 2.24) is 0 Å². The number of hydrogen-bond donors (Lipinski definition) is 1. The first-order valence-corrected chi connectivity index (χ1v) is 6.00. The zero-order valence-electron chi connectivity index (χ0n) is 8.92. The van der Waals surface area contributed by atoms with Gasteiger partial charge in [-0.2, -0.15) is 0 Å². The molecular weight excluding hydrogens is 201 g/mol. The Bertz CT molecular complexity index is 501. The molecule has 15 heavy (non-hydrogen) atoms. The Morgan fingerprint density at radius 2 is 2.13 bits per heavy atom. The Morgan fingerprint density at radius 3 is 2.80 bits per heavy atom. The molecule has 0 saturated heterocycles. The van der Waals surface area contributed by atoms with Crippen LogP contribution >= 0.6 is 11.3 Å². The van der Waals surface area contributed by atoms with Crippen LogP contribution in [0.3, 0.4) is 0 Å². The molecule has 2 rings (SSSR count). The van der Waals surface area contributed by atoms with Gasteiger partial charge < -0.3 is 0 Å². The van der Waals surface area contributed by atoms with Gasteiger partial charge in [-0.3, -0.25) is 0 Å². The van der Waals surface area contributed by atoms with Crippen molar-refractivity contribution in [3.8, 4) is 0 Å². The second-order valence-electron chi connectivity index (χ2n) is 3.68. The van der Waals surface area contributed by atoms with Gasteiger partial charge in [-0.05, 0) is 0 Å². The molecule has 1 aromatic carbocycles. The molecule has 0 aliphatic carbocycles. The first kappa shape index (κ1) is 10.4. The summed E-state index contributed by atoms with van der Waals surface area (Å²) in [6.45, 7) is 2.19. The SMILES string of the molecule is B=C(N)c1sc2ccccc2c1CCC. The van der Waals surface area contributed by atoms with E-state index in [1.165, 1.54) is 15.6 Å². The van der Waals surface area contributed by atoms with Gasteiger partial charge >= 0.3 is 94.7 Å². The van der Waals surface area contributed by atoms with Crippen molar-refractivity contribution in [1.29, 1.82) is 0 Å². The van der Waals surface area contributed by atoms with Crippen LogP contribution in [0.4, 0.5) is 0 Å². The summed E-state index contributed by atoms with van der Waals surface area (Å²) < 4.78 is 1.31. The molecule has 0 atom stereocenters. The van der Waals surface area contributed by atoms with Gasteiger partial charge in [0, 0.05) is 0 Å². The minimum absolute atomic E-state index is 0.694. The van der Waals surface area contributed by atoms with Crippen molar-refractivity contribution in [3.63, 3.8) is 0 Å². The fraction of sp³-hybridized carbons (Fsp3) is 0.250. The van der Waals surface area contributed by atoms with E-state index in [1.807, 2.05) is 0 Å². The van der Waals surface area contributed by atoms with E-state index in [1.54, 1.807) is 11.3 Å². The van der Waals surface area contributed by atoms with Crippen LogP contribution in [0.15, 0.2) is 24.3 Å². The molecule has 0 saturated carbocycles. The molecule has 3 heteroatoms. The van der Waals surface area contributed by atoms with Gasteiger partial charge in [-0.15, -0.1) is 0 Å². The molecule has 0 bridgehead atoms. The van der Waals surface area contributed by atoms with Crippen LogP contribution in [0.25, 0.3) is 10.1 Å². The average Bonchev–Trinajstić information content (AvgIpc) is 2.58. The zero-order valence-corrected chi connectivity index (χ0v) is 9.73. The van der Waals surface area contributed by atoms with Gasteiger partial charge in [-0.25, -0.2) is 0 Å². The van der Waals surface area contributed by atoms with E-state index in [4.69, 9.17) is 5.73 Å². The van der Waals surface area contributed by atoms with Crippen LogP contribution < -0.4 is 5.73 Å². The maximum atomic E-state index is 5.82. The number of aryl methyl sites for hydroxylation is 1. The Balaban J connectivity index is 2.68. The molecule has 0 unspecified atom stereocenters. The number of fused-ring (bicyclic) bond motifs is 1. The van der Waals surface area contributed by atoms with Gasteiger partial charge in [0.1, 0.15) is 0 Å². The van der Waals surface area contributed by atoms with Gasteiger partial charge in [0.05, 0.1) is 0 Å². The molecule has 0 radical (unpaired) electrons. The number of nitrogens with two attached hydrogens (primary N) is 1. The summed E-state index contributed by atoms with van der Waals surface area (Å²) in [6.07, 6.45) is 2.22. The normalized spacial score (nSPS) is 10.7. The number of thiophene rings is 1. The van der Waals surface area contributed by atoms with Gasteiger partial charge in [0.15, 0.2) is 0 Å². The summed E-state index contributed by atoms with van der Waals surface area (Å²) in [5, 5.41) is 1.34. The summed E-state index contributed by atoms with van der Waals surface area (Å²) >= 11 is 1.75. The standard InChI is InChI=1S/C12H14BNS/c1-2-5-9-8-6-3-4-7-10(8)15-11(9)12(13)14/h3-4,6-7,13H,2,5,14H2,1H3. The zero-order chi connectivity index (χ0) is 10.8. The molecule has 1 heterocycles. The van der Waals surface area contributed by atoms with Gasteiger partial charge in [0.2, 0.25) is 0 Å². The van der Waals surface area contributed by atoms with Crippen molar-refractivity contribution < 1.29 is 0 Å². The first-order chi connectivity index (χ1) is 7.24. The quantitative estimate of drug-likeness (QED) is 0.780.